The first-order chi connectivity index (χ1) is 5.95. The summed E-state index contributed by atoms with van der Waals surface area (Å²) < 4.78 is 25.9. The van der Waals surface area contributed by atoms with Crippen molar-refractivity contribution < 1.29 is 18.7 Å². The highest BCUT2D eigenvalue weighted by atomic mass is 35.5. The van der Waals surface area contributed by atoms with Gasteiger partial charge in [0.05, 0.1) is 5.02 Å². The lowest BCUT2D eigenvalue weighted by Crippen LogP contribution is -2.06. The lowest BCUT2D eigenvalue weighted by molar-refractivity contribution is 0.0690. The first-order valence-corrected chi connectivity index (χ1v) is 3.70. The Labute approximate surface area is 77.8 Å². The van der Waals surface area contributed by atoms with E-state index in [0.717, 1.165) is 6.92 Å². The minimum Gasteiger partial charge on any atom is -0.478 e. The van der Waals surface area contributed by atoms with Crippen LogP contribution in [0.15, 0.2) is 6.07 Å². The molecular weight excluding hydrogens is 202 g/mol. The van der Waals surface area contributed by atoms with Crippen LogP contribution in [0.1, 0.15) is 15.9 Å². The molecule has 2 nitrogen and oxygen atoms in total. The van der Waals surface area contributed by atoms with Crippen LogP contribution < -0.4 is 0 Å². The molecule has 0 fully saturated rings. The summed E-state index contributed by atoms with van der Waals surface area (Å²) in [5.74, 6) is -3.44. The van der Waals surface area contributed by atoms with E-state index in [0.29, 0.717) is 6.07 Å². The number of carboxylic acids is 1. The topological polar surface area (TPSA) is 37.3 Å². The maximum Gasteiger partial charge on any atom is 0.339 e. The highest BCUT2D eigenvalue weighted by Crippen LogP contribution is 2.24. The average Bonchev–Trinajstić information content (AvgIpc) is 1.99. The molecule has 0 saturated heterocycles. The fourth-order valence-electron chi connectivity index (χ4n) is 0.977. The van der Waals surface area contributed by atoms with Gasteiger partial charge in [-0.3, -0.25) is 0 Å². The van der Waals surface area contributed by atoms with Crippen LogP contribution in [0, 0.1) is 18.6 Å². The van der Waals surface area contributed by atoms with Gasteiger partial charge in [0, 0.05) is 5.56 Å². The van der Waals surface area contributed by atoms with Crippen molar-refractivity contribution in [3.8, 4) is 0 Å². The maximum atomic E-state index is 13.0. The Morgan fingerprint density at radius 2 is 2.08 bits per heavy atom. The molecule has 0 saturated carbocycles. The van der Waals surface area contributed by atoms with Gasteiger partial charge < -0.3 is 5.11 Å². The molecule has 0 amide bonds. The molecular formula is C8H5ClF2O2. The van der Waals surface area contributed by atoms with E-state index in [9.17, 15) is 13.6 Å². The summed E-state index contributed by atoms with van der Waals surface area (Å²) >= 11 is 5.29. The van der Waals surface area contributed by atoms with Crippen molar-refractivity contribution in [1.82, 2.24) is 0 Å². The van der Waals surface area contributed by atoms with Crippen molar-refractivity contribution in [2.75, 3.05) is 0 Å². The van der Waals surface area contributed by atoms with Crippen molar-refractivity contribution in [1.29, 1.82) is 0 Å². The maximum absolute atomic E-state index is 13.0. The minimum absolute atomic E-state index is 0.294. The number of hydrogen-bond acceptors (Lipinski definition) is 1. The Morgan fingerprint density at radius 1 is 1.54 bits per heavy atom. The van der Waals surface area contributed by atoms with Crippen LogP contribution >= 0.6 is 11.6 Å². The number of halogens is 3. The van der Waals surface area contributed by atoms with Gasteiger partial charge in [0.1, 0.15) is 17.2 Å². The Morgan fingerprint density at radius 3 is 2.54 bits per heavy atom. The molecule has 0 aliphatic carbocycles. The van der Waals surface area contributed by atoms with Gasteiger partial charge in [-0.25, -0.2) is 13.6 Å². The molecule has 0 radical (unpaired) electrons. The van der Waals surface area contributed by atoms with Crippen molar-refractivity contribution in [2.45, 2.75) is 6.92 Å². The van der Waals surface area contributed by atoms with E-state index in [-0.39, 0.29) is 5.56 Å². The van der Waals surface area contributed by atoms with Crippen LogP contribution in [-0.2, 0) is 0 Å². The Hall–Kier alpha value is -1.16. The normalized spacial score (nSPS) is 10.2. The predicted octanol–water partition coefficient (Wildman–Crippen LogP) is 2.62. The van der Waals surface area contributed by atoms with Gasteiger partial charge in [-0.1, -0.05) is 11.6 Å². The Kier molecular flexibility index (Phi) is 2.52. The van der Waals surface area contributed by atoms with Crippen LogP contribution in [-0.4, -0.2) is 11.1 Å². The van der Waals surface area contributed by atoms with Gasteiger partial charge in [-0.2, -0.15) is 0 Å². The minimum atomic E-state index is -1.51. The van der Waals surface area contributed by atoms with E-state index >= 15 is 0 Å². The number of rotatable bonds is 1. The van der Waals surface area contributed by atoms with E-state index in [4.69, 9.17) is 16.7 Å². The zero-order valence-corrected chi connectivity index (χ0v) is 7.32. The van der Waals surface area contributed by atoms with Crippen LogP contribution in [0.5, 0.6) is 0 Å². The number of hydrogen-bond donors (Lipinski definition) is 1. The average molecular weight is 207 g/mol. The van der Waals surface area contributed by atoms with Gasteiger partial charge in [0.2, 0.25) is 0 Å². The number of aromatic carboxylic acids is 1. The molecule has 0 spiro atoms. The fourth-order valence-corrected chi connectivity index (χ4v) is 1.21. The SMILES string of the molecule is Cc1c(F)c(Cl)cc(F)c1C(=O)O. The predicted molar refractivity (Wildman–Crippen MR) is 43.1 cm³/mol. The van der Waals surface area contributed by atoms with Crippen molar-refractivity contribution in [2.24, 2.45) is 0 Å². The molecule has 1 rings (SSSR count). The Bertz CT molecular complexity index is 377. The van der Waals surface area contributed by atoms with E-state index in [2.05, 4.69) is 0 Å². The zero-order chi connectivity index (χ0) is 10.2. The lowest BCUT2D eigenvalue weighted by Gasteiger charge is -2.04. The molecule has 0 bridgehead atoms. The first-order valence-electron chi connectivity index (χ1n) is 3.32. The second-order valence-corrected chi connectivity index (χ2v) is 2.87. The van der Waals surface area contributed by atoms with E-state index in [1.54, 1.807) is 0 Å². The highest BCUT2D eigenvalue weighted by molar-refractivity contribution is 6.31. The van der Waals surface area contributed by atoms with E-state index in [1.807, 2.05) is 0 Å². The monoisotopic (exact) mass is 206 g/mol. The molecule has 0 unspecified atom stereocenters. The van der Waals surface area contributed by atoms with Gasteiger partial charge in [0.25, 0.3) is 0 Å². The van der Waals surface area contributed by atoms with Crippen LogP contribution in [0.4, 0.5) is 8.78 Å². The molecule has 0 aliphatic heterocycles. The molecule has 1 aromatic rings. The number of carboxylic acid groups (broad SMARTS) is 1. The molecule has 5 heteroatoms. The standard InChI is InChI=1S/C8H5ClF2O2/c1-3-6(8(12)13)5(10)2-4(9)7(3)11/h2H,1H3,(H,12,13). The van der Waals surface area contributed by atoms with Crippen molar-refractivity contribution in [3.63, 3.8) is 0 Å². The van der Waals surface area contributed by atoms with Crippen LogP contribution in [0.25, 0.3) is 0 Å². The van der Waals surface area contributed by atoms with E-state index < -0.39 is 28.2 Å². The van der Waals surface area contributed by atoms with Gasteiger partial charge >= 0.3 is 5.97 Å². The summed E-state index contributed by atoms with van der Waals surface area (Å²) in [6, 6.07) is 0.646. The smallest absolute Gasteiger partial charge is 0.339 e. The molecule has 0 heterocycles. The summed E-state index contributed by atoms with van der Waals surface area (Å²) in [4.78, 5) is 10.5. The van der Waals surface area contributed by atoms with Gasteiger partial charge in [-0.15, -0.1) is 0 Å². The molecule has 1 N–H and O–H groups in total. The molecule has 13 heavy (non-hydrogen) atoms. The third-order valence-electron chi connectivity index (χ3n) is 1.62. The molecule has 0 atom stereocenters. The van der Waals surface area contributed by atoms with E-state index in [1.165, 1.54) is 0 Å². The molecule has 0 aromatic heterocycles. The zero-order valence-electron chi connectivity index (χ0n) is 6.57. The summed E-state index contributed by atoms with van der Waals surface area (Å²) in [6.45, 7) is 1.16. The molecule has 70 valence electrons. The van der Waals surface area contributed by atoms with Crippen molar-refractivity contribution in [3.05, 3.63) is 33.9 Å². The lowest BCUT2D eigenvalue weighted by atomic mass is 10.1. The second kappa shape index (κ2) is 3.30. The first kappa shape index (κ1) is 9.92. The second-order valence-electron chi connectivity index (χ2n) is 2.46. The number of carbonyl (C=O) groups is 1. The summed E-state index contributed by atoms with van der Waals surface area (Å²) in [7, 11) is 0. The third-order valence-corrected chi connectivity index (χ3v) is 1.90. The fraction of sp³-hybridized carbons (Fsp3) is 0.125. The van der Waals surface area contributed by atoms with Crippen LogP contribution in [0.3, 0.4) is 0 Å². The quantitative estimate of drug-likeness (QED) is 0.718. The third kappa shape index (κ3) is 1.62. The number of benzene rings is 1. The van der Waals surface area contributed by atoms with Crippen molar-refractivity contribution >= 4 is 17.6 Å². The largest absolute Gasteiger partial charge is 0.478 e. The van der Waals surface area contributed by atoms with Gasteiger partial charge in [-0.05, 0) is 13.0 Å². The highest BCUT2D eigenvalue weighted by Gasteiger charge is 2.19. The Balaban J connectivity index is 3.53. The summed E-state index contributed by atoms with van der Waals surface area (Å²) in [5.41, 5.74) is -0.973. The summed E-state index contributed by atoms with van der Waals surface area (Å²) in [5, 5.41) is 8.10. The van der Waals surface area contributed by atoms with Gasteiger partial charge in [0.15, 0.2) is 0 Å². The van der Waals surface area contributed by atoms with Crippen LogP contribution in [0.2, 0.25) is 5.02 Å². The summed E-state index contributed by atoms with van der Waals surface area (Å²) in [6.07, 6.45) is 0. The molecule has 0 aliphatic rings. The molecule has 1 aromatic carbocycles.